The van der Waals surface area contributed by atoms with E-state index < -0.39 is 0 Å². The first kappa shape index (κ1) is 19.5. The molecular weight excluding hydrogens is 348 g/mol. The molecule has 2 aromatic carbocycles. The van der Waals surface area contributed by atoms with E-state index >= 15 is 0 Å². The van der Waals surface area contributed by atoms with Crippen LogP contribution in [0.5, 0.6) is 0 Å². The topological polar surface area (TPSA) is 70.1 Å². The van der Waals surface area contributed by atoms with Crippen molar-refractivity contribution in [1.29, 1.82) is 0 Å². The highest BCUT2D eigenvalue weighted by Gasteiger charge is 2.13. The van der Waals surface area contributed by atoms with Crippen LogP contribution in [0.1, 0.15) is 53.5 Å². The Bertz CT molecular complexity index is 1010. The molecule has 3 rings (SSSR count). The predicted molar refractivity (Wildman–Crippen MR) is 114 cm³/mol. The standard InChI is InChI=1S/C23H26N4O/c1-15-6-9-18(12-16(15)2)20-13-21(26-25-20)22(28)27-24-14-17-7-10-19(11-8-17)23(3,4)5/h6-14H,1-5H3,(H,25,26)(H,27,28)/b24-14+. The van der Waals surface area contributed by atoms with Gasteiger partial charge in [0.15, 0.2) is 0 Å². The van der Waals surface area contributed by atoms with Crippen molar-refractivity contribution in [2.24, 2.45) is 5.10 Å². The number of nitrogens with one attached hydrogen (secondary N) is 2. The van der Waals surface area contributed by atoms with E-state index in [4.69, 9.17) is 0 Å². The molecule has 0 unspecified atom stereocenters. The number of carbonyl (C=O) groups excluding carboxylic acids is 1. The number of H-pyrrole nitrogens is 1. The van der Waals surface area contributed by atoms with Crippen molar-refractivity contribution < 1.29 is 4.79 Å². The normalized spacial score (nSPS) is 11.8. The lowest BCUT2D eigenvalue weighted by Gasteiger charge is -2.18. The van der Waals surface area contributed by atoms with Crippen molar-refractivity contribution >= 4 is 12.1 Å². The summed E-state index contributed by atoms with van der Waals surface area (Å²) in [5.74, 6) is -0.329. The van der Waals surface area contributed by atoms with Crippen molar-refractivity contribution in [3.05, 3.63) is 76.5 Å². The SMILES string of the molecule is Cc1ccc(-c2cc(C(=O)N/N=C/c3ccc(C(C)(C)C)cc3)[nH]n2)cc1C. The maximum atomic E-state index is 12.3. The molecule has 3 aromatic rings. The van der Waals surface area contributed by atoms with Gasteiger partial charge in [-0.3, -0.25) is 9.89 Å². The van der Waals surface area contributed by atoms with Crippen LogP contribution >= 0.6 is 0 Å². The van der Waals surface area contributed by atoms with Gasteiger partial charge in [-0.25, -0.2) is 5.43 Å². The second-order valence-electron chi connectivity index (χ2n) is 8.04. The molecule has 0 spiro atoms. The third-order valence-corrected chi connectivity index (χ3v) is 4.78. The van der Waals surface area contributed by atoms with Crippen LogP contribution in [0.3, 0.4) is 0 Å². The summed E-state index contributed by atoms with van der Waals surface area (Å²) in [4.78, 5) is 12.3. The van der Waals surface area contributed by atoms with Crippen LogP contribution in [0.2, 0.25) is 0 Å². The molecule has 0 atom stereocenters. The van der Waals surface area contributed by atoms with Crippen molar-refractivity contribution in [2.45, 2.75) is 40.0 Å². The first-order valence-electron chi connectivity index (χ1n) is 9.31. The number of aryl methyl sites for hydroxylation is 2. The van der Waals surface area contributed by atoms with Gasteiger partial charge in [0.2, 0.25) is 0 Å². The van der Waals surface area contributed by atoms with E-state index in [1.54, 1.807) is 12.3 Å². The molecule has 5 heteroatoms. The molecule has 0 saturated carbocycles. The zero-order valence-electron chi connectivity index (χ0n) is 17.0. The van der Waals surface area contributed by atoms with Gasteiger partial charge in [0.25, 0.3) is 5.91 Å². The van der Waals surface area contributed by atoms with Crippen LogP contribution in [0.15, 0.2) is 53.6 Å². The first-order chi connectivity index (χ1) is 13.2. The smallest absolute Gasteiger partial charge is 0.272 e. The van der Waals surface area contributed by atoms with E-state index in [9.17, 15) is 4.79 Å². The lowest BCUT2D eigenvalue weighted by molar-refractivity contribution is 0.0950. The average molecular weight is 374 g/mol. The summed E-state index contributed by atoms with van der Waals surface area (Å²) in [5, 5.41) is 11.1. The summed E-state index contributed by atoms with van der Waals surface area (Å²) in [6.07, 6.45) is 1.63. The van der Waals surface area contributed by atoms with Crippen molar-refractivity contribution in [2.75, 3.05) is 0 Å². The summed E-state index contributed by atoms with van der Waals surface area (Å²) in [6.45, 7) is 10.6. The predicted octanol–water partition coefficient (Wildman–Crippen LogP) is 4.75. The van der Waals surface area contributed by atoms with Crippen LogP contribution in [0.4, 0.5) is 0 Å². The van der Waals surface area contributed by atoms with E-state index in [-0.39, 0.29) is 11.3 Å². The van der Waals surface area contributed by atoms with Crippen LogP contribution in [-0.2, 0) is 5.41 Å². The molecule has 1 aromatic heterocycles. The van der Waals surface area contributed by atoms with E-state index in [0.717, 1.165) is 16.8 Å². The molecule has 2 N–H and O–H groups in total. The van der Waals surface area contributed by atoms with Crippen molar-refractivity contribution in [3.8, 4) is 11.3 Å². The molecule has 144 valence electrons. The van der Waals surface area contributed by atoms with E-state index in [1.807, 2.05) is 24.3 Å². The summed E-state index contributed by atoms with van der Waals surface area (Å²) in [7, 11) is 0. The van der Waals surface area contributed by atoms with Gasteiger partial charge in [0.05, 0.1) is 11.9 Å². The monoisotopic (exact) mass is 374 g/mol. The van der Waals surface area contributed by atoms with Gasteiger partial charge < -0.3 is 0 Å². The number of aromatic amines is 1. The Labute approximate surface area is 165 Å². The molecule has 0 saturated heterocycles. The second kappa shape index (κ2) is 7.80. The summed E-state index contributed by atoms with van der Waals surface area (Å²) in [5.41, 5.74) is 9.31. The lowest BCUT2D eigenvalue weighted by Crippen LogP contribution is -2.18. The maximum Gasteiger partial charge on any atom is 0.289 e. The van der Waals surface area contributed by atoms with Gasteiger partial charge in [0.1, 0.15) is 5.69 Å². The fraction of sp³-hybridized carbons (Fsp3) is 0.261. The van der Waals surface area contributed by atoms with Gasteiger partial charge in [-0.05, 0) is 53.6 Å². The molecule has 0 aliphatic carbocycles. The fourth-order valence-corrected chi connectivity index (χ4v) is 2.78. The Morgan fingerprint density at radius 2 is 1.75 bits per heavy atom. The number of rotatable bonds is 4. The maximum absolute atomic E-state index is 12.3. The van der Waals surface area contributed by atoms with Crippen LogP contribution in [-0.4, -0.2) is 22.3 Å². The zero-order valence-corrected chi connectivity index (χ0v) is 17.0. The number of benzene rings is 2. The largest absolute Gasteiger partial charge is 0.289 e. The second-order valence-corrected chi connectivity index (χ2v) is 8.04. The molecule has 0 aliphatic heterocycles. The molecule has 5 nitrogen and oxygen atoms in total. The van der Waals surface area contributed by atoms with Gasteiger partial charge >= 0.3 is 0 Å². The van der Waals surface area contributed by atoms with Crippen LogP contribution in [0.25, 0.3) is 11.3 Å². The summed E-state index contributed by atoms with van der Waals surface area (Å²) in [6, 6.07) is 16.0. The van der Waals surface area contributed by atoms with Gasteiger partial charge in [0, 0.05) is 5.56 Å². The van der Waals surface area contributed by atoms with E-state index in [2.05, 4.69) is 73.5 Å². The van der Waals surface area contributed by atoms with E-state index in [0.29, 0.717) is 5.69 Å². The Balaban J connectivity index is 1.64. The Kier molecular flexibility index (Phi) is 5.45. The highest BCUT2D eigenvalue weighted by Crippen LogP contribution is 2.22. The minimum absolute atomic E-state index is 0.109. The quantitative estimate of drug-likeness (QED) is 0.511. The first-order valence-corrected chi connectivity index (χ1v) is 9.31. The third-order valence-electron chi connectivity index (χ3n) is 4.78. The number of nitrogens with zero attached hydrogens (tertiary/aromatic N) is 2. The molecule has 28 heavy (non-hydrogen) atoms. The molecule has 1 heterocycles. The molecule has 0 fully saturated rings. The number of amides is 1. The Hall–Kier alpha value is -3.21. The van der Waals surface area contributed by atoms with Crippen LogP contribution < -0.4 is 5.43 Å². The summed E-state index contributed by atoms with van der Waals surface area (Å²) >= 11 is 0. The van der Waals surface area contributed by atoms with Crippen LogP contribution in [0, 0.1) is 13.8 Å². The number of carbonyl (C=O) groups is 1. The van der Waals surface area contributed by atoms with Gasteiger partial charge in [-0.15, -0.1) is 0 Å². The lowest BCUT2D eigenvalue weighted by atomic mass is 9.87. The molecule has 0 radical (unpaired) electrons. The number of aromatic nitrogens is 2. The molecular formula is C23H26N4O. The minimum Gasteiger partial charge on any atom is -0.272 e. The fourth-order valence-electron chi connectivity index (χ4n) is 2.78. The van der Waals surface area contributed by atoms with Crippen molar-refractivity contribution in [3.63, 3.8) is 0 Å². The highest BCUT2D eigenvalue weighted by molar-refractivity contribution is 5.94. The number of hydrazone groups is 1. The highest BCUT2D eigenvalue weighted by atomic mass is 16.2. The van der Waals surface area contributed by atoms with Crippen molar-refractivity contribution in [1.82, 2.24) is 15.6 Å². The molecule has 0 bridgehead atoms. The number of hydrogen-bond acceptors (Lipinski definition) is 3. The molecule has 1 amide bonds. The van der Waals surface area contributed by atoms with Gasteiger partial charge in [-0.2, -0.15) is 10.2 Å². The van der Waals surface area contributed by atoms with Gasteiger partial charge in [-0.1, -0.05) is 57.2 Å². The minimum atomic E-state index is -0.329. The Morgan fingerprint density at radius 1 is 1.04 bits per heavy atom. The third kappa shape index (κ3) is 4.55. The number of hydrogen-bond donors (Lipinski definition) is 2. The molecule has 0 aliphatic rings. The average Bonchev–Trinajstić information content (AvgIpc) is 3.14. The summed E-state index contributed by atoms with van der Waals surface area (Å²) < 4.78 is 0. The Morgan fingerprint density at radius 3 is 2.39 bits per heavy atom. The van der Waals surface area contributed by atoms with E-state index in [1.165, 1.54) is 16.7 Å². The zero-order chi connectivity index (χ0) is 20.3.